The number of benzene rings is 2. The van der Waals surface area contributed by atoms with Crippen LogP contribution in [-0.2, 0) is 9.84 Å². The number of nitrogens with zero attached hydrogens (tertiary/aromatic N) is 1. The molecule has 1 saturated heterocycles. The van der Waals surface area contributed by atoms with Gasteiger partial charge in [-0.25, -0.2) is 12.8 Å². The Balaban J connectivity index is 1.90. The van der Waals surface area contributed by atoms with Crippen molar-refractivity contribution in [1.29, 1.82) is 0 Å². The van der Waals surface area contributed by atoms with Crippen molar-refractivity contribution in [2.45, 2.75) is 16.7 Å². The molecule has 2 N–H and O–H groups in total. The summed E-state index contributed by atoms with van der Waals surface area (Å²) in [6.45, 7) is 5.26. The van der Waals surface area contributed by atoms with E-state index in [-0.39, 0.29) is 9.79 Å². The predicted molar refractivity (Wildman–Crippen MR) is 100.0 cm³/mol. The molecule has 5 nitrogen and oxygen atoms in total. The Morgan fingerprint density at radius 2 is 1.81 bits per heavy atom. The first kappa shape index (κ1) is 17.1. The number of halogens is 1. The van der Waals surface area contributed by atoms with Gasteiger partial charge in [0.1, 0.15) is 5.82 Å². The number of anilines is 1. The zero-order chi connectivity index (χ0) is 18.3. The van der Waals surface area contributed by atoms with Crippen LogP contribution in [-0.4, -0.2) is 39.6 Å². The Labute approximate surface area is 151 Å². The van der Waals surface area contributed by atoms with Crippen LogP contribution in [0.5, 0.6) is 0 Å². The molecule has 3 aromatic rings. The van der Waals surface area contributed by atoms with Crippen molar-refractivity contribution in [2.75, 3.05) is 31.1 Å². The monoisotopic (exact) mass is 373 g/mol. The average Bonchev–Trinajstić information content (AvgIpc) is 2.99. The molecule has 1 aliphatic rings. The van der Waals surface area contributed by atoms with Crippen LogP contribution >= 0.6 is 0 Å². The van der Waals surface area contributed by atoms with Crippen LogP contribution in [0.2, 0.25) is 0 Å². The first-order valence-corrected chi connectivity index (χ1v) is 10.0. The number of sulfone groups is 1. The fourth-order valence-electron chi connectivity index (χ4n) is 3.57. The largest absolute Gasteiger partial charge is 0.367 e. The third-order valence-electron chi connectivity index (χ3n) is 4.77. The third-order valence-corrected chi connectivity index (χ3v) is 6.71. The number of aromatic amines is 1. The molecule has 2 aromatic carbocycles. The highest BCUT2D eigenvalue weighted by Crippen LogP contribution is 2.36. The highest BCUT2D eigenvalue weighted by Gasteiger charge is 2.26. The summed E-state index contributed by atoms with van der Waals surface area (Å²) < 4.78 is 39.9. The first-order chi connectivity index (χ1) is 12.5. The molecule has 1 fully saturated rings. The summed E-state index contributed by atoms with van der Waals surface area (Å²) in [5.41, 5.74) is 2.36. The second-order valence-corrected chi connectivity index (χ2v) is 8.36. The summed E-state index contributed by atoms with van der Waals surface area (Å²) in [6.07, 6.45) is 0. The Morgan fingerprint density at radius 3 is 2.54 bits per heavy atom. The molecule has 0 bridgehead atoms. The SMILES string of the molecule is Cc1[nH]c2c(N3CCNCC3)cccc2c1S(=O)(=O)c1cccc(F)c1. The molecule has 2 heterocycles. The van der Waals surface area contributed by atoms with Crippen LogP contribution in [0.15, 0.2) is 52.3 Å². The third kappa shape index (κ3) is 2.77. The van der Waals surface area contributed by atoms with Crippen molar-refractivity contribution >= 4 is 26.4 Å². The zero-order valence-corrected chi connectivity index (χ0v) is 15.2. The van der Waals surface area contributed by atoms with Gasteiger partial charge in [0.2, 0.25) is 9.84 Å². The van der Waals surface area contributed by atoms with E-state index in [1.54, 1.807) is 13.0 Å². The number of fused-ring (bicyclic) bond motifs is 1. The normalized spacial score (nSPS) is 15.5. The van der Waals surface area contributed by atoms with E-state index in [0.717, 1.165) is 43.4 Å². The van der Waals surface area contributed by atoms with E-state index >= 15 is 0 Å². The maximum Gasteiger partial charge on any atom is 0.209 e. The predicted octanol–water partition coefficient (Wildman–Crippen LogP) is 2.86. The molecule has 136 valence electrons. The van der Waals surface area contributed by atoms with Gasteiger partial charge in [-0.3, -0.25) is 0 Å². The van der Waals surface area contributed by atoms with Gasteiger partial charge in [-0.05, 0) is 31.2 Å². The van der Waals surface area contributed by atoms with Crippen molar-refractivity contribution in [3.05, 3.63) is 54.0 Å². The molecule has 0 spiro atoms. The lowest BCUT2D eigenvalue weighted by Crippen LogP contribution is -2.43. The molecule has 0 unspecified atom stereocenters. The van der Waals surface area contributed by atoms with Gasteiger partial charge in [-0.1, -0.05) is 18.2 Å². The van der Waals surface area contributed by atoms with Gasteiger partial charge in [0.15, 0.2) is 0 Å². The lowest BCUT2D eigenvalue weighted by Gasteiger charge is -2.29. The lowest BCUT2D eigenvalue weighted by molar-refractivity contribution is 0.590. The first-order valence-electron chi connectivity index (χ1n) is 8.56. The number of H-pyrrole nitrogens is 1. The van der Waals surface area contributed by atoms with Crippen molar-refractivity contribution in [3.63, 3.8) is 0 Å². The van der Waals surface area contributed by atoms with E-state index in [4.69, 9.17) is 0 Å². The van der Waals surface area contributed by atoms with E-state index in [9.17, 15) is 12.8 Å². The maximum atomic E-state index is 13.6. The minimum Gasteiger partial charge on any atom is -0.367 e. The maximum absolute atomic E-state index is 13.6. The molecular formula is C19H20FN3O2S. The lowest BCUT2D eigenvalue weighted by atomic mass is 10.2. The number of hydrogen-bond acceptors (Lipinski definition) is 4. The van der Waals surface area contributed by atoms with E-state index < -0.39 is 15.7 Å². The van der Waals surface area contributed by atoms with Crippen LogP contribution in [0.3, 0.4) is 0 Å². The van der Waals surface area contributed by atoms with Crippen molar-refractivity contribution in [2.24, 2.45) is 0 Å². The number of piperazine rings is 1. The van der Waals surface area contributed by atoms with E-state index in [1.807, 2.05) is 12.1 Å². The van der Waals surface area contributed by atoms with Crippen LogP contribution in [0.25, 0.3) is 10.9 Å². The quantitative estimate of drug-likeness (QED) is 0.741. The fourth-order valence-corrected chi connectivity index (χ4v) is 5.25. The fraction of sp³-hybridized carbons (Fsp3) is 0.263. The Hall–Kier alpha value is -2.38. The van der Waals surface area contributed by atoms with Gasteiger partial charge < -0.3 is 15.2 Å². The Morgan fingerprint density at radius 1 is 1.08 bits per heavy atom. The van der Waals surface area contributed by atoms with E-state index in [2.05, 4.69) is 15.2 Å². The highest BCUT2D eigenvalue weighted by molar-refractivity contribution is 7.91. The number of aryl methyl sites for hydroxylation is 1. The summed E-state index contributed by atoms with van der Waals surface area (Å²) in [7, 11) is -3.83. The molecule has 1 aliphatic heterocycles. The minimum atomic E-state index is -3.83. The number of hydrogen-bond donors (Lipinski definition) is 2. The molecule has 4 rings (SSSR count). The number of rotatable bonds is 3. The van der Waals surface area contributed by atoms with Gasteiger partial charge in [-0.15, -0.1) is 0 Å². The molecule has 0 amide bonds. The molecule has 26 heavy (non-hydrogen) atoms. The van der Waals surface area contributed by atoms with Gasteiger partial charge >= 0.3 is 0 Å². The molecule has 0 radical (unpaired) electrons. The number of aromatic nitrogens is 1. The standard InChI is InChI=1S/C19H20FN3O2S/c1-13-19(26(24,25)15-5-2-4-14(20)12-15)16-6-3-7-17(18(16)22-13)23-10-8-21-9-11-23/h2-7,12,21-22H,8-11H2,1H3. The van der Waals surface area contributed by atoms with Crippen molar-refractivity contribution in [3.8, 4) is 0 Å². The molecule has 7 heteroatoms. The van der Waals surface area contributed by atoms with Gasteiger partial charge in [-0.2, -0.15) is 0 Å². The summed E-state index contributed by atoms with van der Waals surface area (Å²) in [4.78, 5) is 5.68. The van der Waals surface area contributed by atoms with Crippen molar-refractivity contribution < 1.29 is 12.8 Å². The van der Waals surface area contributed by atoms with Crippen LogP contribution < -0.4 is 10.2 Å². The number of para-hydroxylation sites is 1. The molecule has 1 aromatic heterocycles. The van der Waals surface area contributed by atoms with Crippen LogP contribution in [0, 0.1) is 12.7 Å². The molecular weight excluding hydrogens is 353 g/mol. The highest BCUT2D eigenvalue weighted by atomic mass is 32.2. The topological polar surface area (TPSA) is 65.2 Å². The Kier molecular flexibility index (Phi) is 4.20. The van der Waals surface area contributed by atoms with Gasteiger partial charge in [0.25, 0.3) is 0 Å². The smallest absolute Gasteiger partial charge is 0.209 e. The zero-order valence-electron chi connectivity index (χ0n) is 14.4. The Bertz CT molecular complexity index is 1070. The van der Waals surface area contributed by atoms with Gasteiger partial charge in [0, 0.05) is 37.3 Å². The van der Waals surface area contributed by atoms with Crippen LogP contribution in [0.4, 0.5) is 10.1 Å². The molecule has 0 saturated carbocycles. The average molecular weight is 373 g/mol. The van der Waals surface area contributed by atoms with Gasteiger partial charge in [0.05, 0.1) is 21.0 Å². The van der Waals surface area contributed by atoms with E-state index in [1.165, 1.54) is 18.2 Å². The summed E-state index contributed by atoms with van der Waals surface area (Å²) in [6, 6.07) is 10.8. The van der Waals surface area contributed by atoms with Crippen molar-refractivity contribution in [1.82, 2.24) is 10.3 Å². The summed E-state index contributed by atoms with van der Waals surface area (Å²) >= 11 is 0. The summed E-state index contributed by atoms with van der Waals surface area (Å²) in [5, 5.41) is 3.96. The second kappa shape index (κ2) is 6.41. The van der Waals surface area contributed by atoms with E-state index in [0.29, 0.717) is 11.1 Å². The van der Waals surface area contributed by atoms with Crippen LogP contribution in [0.1, 0.15) is 5.69 Å². The summed E-state index contributed by atoms with van der Waals surface area (Å²) in [5.74, 6) is -0.565. The second-order valence-electron chi connectivity index (χ2n) is 6.48. The number of nitrogens with one attached hydrogen (secondary N) is 2. The molecule has 0 aliphatic carbocycles. The minimum absolute atomic E-state index is 0.0333. The molecule has 0 atom stereocenters.